The van der Waals surface area contributed by atoms with Gasteiger partial charge < -0.3 is 5.32 Å². The molecule has 7 heteroatoms. The molecule has 0 radical (unpaired) electrons. The molecule has 118 valence electrons. The molecule has 6 nitrogen and oxygen atoms in total. The second-order valence-corrected chi connectivity index (χ2v) is 7.46. The number of nitrogens with zero attached hydrogens (tertiary/aromatic N) is 2. The molecule has 1 aliphatic carbocycles. The summed E-state index contributed by atoms with van der Waals surface area (Å²) in [6.07, 6.45) is 7.63. The predicted molar refractivity (Wildman–Crippen MR) is 82.6 cm³/mol. The fraction of sp³-hybridized carbons (Fsp3) is 0.714. The summed E-state index contributed by atoms with van der Waals surface area (Å²) in [7, 11) is -3.52. The van der Waals surface area contributed by atoms with Gasteiger partial charge in [-0.1, -0.05) is 13.8 Å². The number of hydrogen-bond donors (Lipinski definition) is 2. The standard InChI is InChI=1S/C14H24N4O2S/c1-3-8-15-14-16-9-13(10-17-14)21(19,20)18-12-6-4-11(2)5-7-12/h9-12,18H,3-8H2,1-2H3,(H,15,16,17). The maximum absolute atomic E-state index is 12.3. The lowest BCUT2D eigenvalue weighted by Crippen LogP contribution is -2.37. The fourth-order valence-electron chi connectivity index (χ4n) is 2.45. The van der Waals surface area contributed by atoms with Crippen molar-refractivity contribution in [3.63, 3.8) is 0 Å². The van der Waals surface area contributed by atoms with Crippen molar-refractivity contribution in [1.82, 2.24) is 14.7 Å². The Bertz CT molecular complexity index is 537. The van der Waals surface area contributed by atoms with Crippen LogP contribution in [0.1, 0.15) is 46.0 Å². The van der Waals surface area contributed by atoms with Crippen molar-refractivity contribution in [2.45, 2.75) is 56.9 Å². The van der Waals surface area contributed by atoms with E-state index in [2.05, 4.69) is 26.9 Å². The Morgan fingerprint density at radius 2 is 1.81 bits per heavy atom. The minimum absolute atomic E-state index is 0.0316. The molecular weight excluding hydrogens is 288 g/mol. The quantitative estimate of drug-likeness (QED) is 0.841. The molecule has 1 aromatic rings. The first kappa shape index (κ1) is 16.2. The monoisotopic (exact) mass is 312 g/mol. The van der Waals surface area contributed by atoms with Crippen molar-refractivity contribution in [2.75, 3.05) is 11.9 Å². The largest absolute Gasteiger partial charge is 0.354 e. The lowest BCUT2D eigenvalue weighted by molar-refractivity contribution is 0.332. The Morgan fingerprint density at radius 3 is 2.38 bits per heavy atom. The highest BCUT2D eigenvalue weighted by Crippen LogP contribution is 2.24. The van der Waals surface area contributed by atoms with Gasteiger partial charge in [-0.3, -0.25) is 0 Å². The number of aromatic nitrogens is 2. The number of nitrogens with one attached hydrogen (secondary N) is 2. The molecule has 1 aromatic heterocycles. The molecule has 0 saturated heterocycles. The molecule has 21 heavy (non-hydrogen) atoms. The van der Waals surface area contributed by atoms with Crippen LogP contribution in [0.15, 0.2) is 17.3 Å². The average Bonchev–Trinajstić information content (AvgIpc) is 2.48. The van der Waals surface area contributed by atoms with Crippen LogP contribution in [-0.2, 0) is 10.0 Å². The zero-order chi connectivity index (χ0) is 15.3. The van der Waals surface area contributed by atoms with Crippen LogP contribution in [-0.4, -0.2) is 31.0 Å². The Hall–Kier alpha value is -1.21. The molecule has 1 saturated carbocycles. The minimum Gasteiger partial charge on any atom is -0.354 e. The maximum atomic E-state index is 12.3. The lowest BCUT2D eigenvalue weighted by atomic mass is 9.88. The van der Waals surface area contributed by atoms with Crippen LogP contribution >= 0.6 is 0 Å². The smallest absolute Gasteiger partial charge is 0.243 e. The third kappa shape index (κ3) is 4.64. The summed E-state index contributed by atoms with van der Waals surface area (Å²) in [6.45, 7) is 5.02. The highest BCUT2D eigenvalue weighted by molar-refractivity contribution is 7.89. The highest BCUT2D eigenvalue weighted by Gasteiger charge is 2.24. The van der Waals surface area contributed by atoms with Crippen LogP contribution in [0.3, 0.4) is 0 Å². The van der Waals surface area contributed by atoms with E-state index < -0.39 is 10.0 Å². The Morgan fingerprint density at radius 1 is 1.19 bits per heavy atom. The molecule has 0 bridgehead atoms. The molecule has 0 amide bonds. The first-order valence-electron chi connectivity index (χ1n) is 7.59. The fourth-order valence-corrected chi connectivity index (χ4v) is 3.64. The molecule has 2 N–H and O–H groups in total. The number of rotatable bonds is 6. The van der Waals surface area contributed by atoms with Crippen LogP contribution in [0.4, 0.5) is 5.95 Å². The average molecular weight is 312 g/mol. The van der Waals surface area contributed by atoms with E-state index in [1.165, 1.54) is 12.4 Å². The SMILES string of the molecule is CCCNc1ncc(S(=O)(=O)NC2CCC(C)CC2)cn1. The molecule has 0 atom stereocenters. The van der Waals surface area contributed by atoms with Crippen molar-refractivity contribution in [3.05, 3.63) is 12.4 Å². The maximum Gasteiger partial charge on any atom is 0.243 e. The van der Waals surface area contributed by atoms with E-state index in [-0.39, 0.29) is 10.9 Å². The normalized spacial score (nSPS) is 23.0. The Labute approximate surface area is 126 Å². The molecule has 2 rings (SSSR count). The summed E-state index contributed by atoms with van der Waals surface area (Å²) in [5.74, 6) is 1.15. The van der Waals surface area contributed by atoms with Crippen LogP contribution in [0, 0.1) is 5.92 Å². The van der Waals surface area contributed by atoms with Gasteiger partial charge in [0, 0.05) is 12.6 Å². The zero-order valence-corrected chi connectivity index (χ0v) is 13.5. The van der Waals surface area contributed by atoms with E-state index >= 15 is 0 Å². The van der Waals surface area contributed by atoms with Crippen molar-refractivity contribution in [2.24, 2.45) is 5.92 Å². The van der Waals surface area contributed by atoms with Crippen molar-refractivity contribution < 1.29 is 8.42 Å². The van der Waals surface area contributed by atoms with E-state index in [0.717, 1.165) is 38.6 Å². The number of anilines is 1. The van der Waals surface area contributed by atoms with Gasteiger partial charge in [-0.25, -0.2) is 23.1 Å². The van der Waals surface area contributed by atoms with Crippen LogP contribution < -0.4 is 10.0 Å². The summed E-state index contributed by atoms with van der Waals surface area (Å²) in [5, 5.41) is 3.02. The number of sulfonamides is 1. The van der Waals surface area contributed by atoms with Crippen LogP contribution in [0.2, 0.25) is 0 Å². The molecule has 0 unspecified atom stereocenters. The third-order valence-corrected chi connectivity index (χ3v) is 5.28. The van der Waals surface area contributed by atoms with E-state index in [1.54, 1.807) is 0 Å². The molecular formula is C14H24N4O2S. The van der Waals surface area contributed by atoms with Gasteiger partial charge in [-0.15, -0.1) is 0 Å². The third-order valence-electron chi connectivity index (χ3n) is 3.81. The summed E-state index contributed by atoms with van der Waals surface area (Å²) < 4.78 is 27.4. The van der Waals surface area contributed by atoms with Crippen LogP contribution in [0.5, 0.6) is 0 Å². The first-order chi connectivity index (χ1) is 10.0. The molecule has 0 aliphatic heterocycles. The second-order valence-electron chi connectivity index (χ2n) is 5.75. The van der Waals surface area contributed by atoms with Gasteiger partial charge in [0.15, 0.2) is 0 Å². The van der Waals surface area contributed by atoms with Crippen molar-refractivity contribution in [3.8, 4) is 0 Å². The van der Waals surface area contributed by atoms with Crippen molar-refractivity contribution in [1.29, 1.82) is 0 Å². The van der Waals surface area contributed by atoms with Gasteiger partial charge in [-0.2, -0.15) is 0 Å². The van der Waals surface area contributed by atoms with Crippen LogP contribution in [0.25, 0.3) is 0 Å². The van der Waals surface area contributed by atoms with E-state index in [9.17, 15) is 8.42 Å². The predicted octanol–water partition coefficient (Wildman–Crippen LogP) is 2.16. The van der Waals surface area contributed by atoms with Gasteiger partial charge >= 0.3 is 0 Å². The van der Waals surface area contributed by atoms with Gasteiger partial charge in [0.2, 0.25) is 16.0 Å². The summed E-state index contributed by atoms with van der Waals surface area (Å²) >= 11 is 0. The molecule has 0 aromatic carbocycles. The summed E-state index contributed by atoms with van der Waals surface area (Å²) in [4.78, 5) is 8.22. The first-order valence-corrected chi connectivity index (χ1v) is 9.08. The summed E-state index contributed by atoms with van der Waals surface area (Å²) in [6, 6.07) is 0.0316. The zero-order valence-electron chi connectivity index (χ0n) is 12.7. The van der Waals surface area contributed by atoms with Gasteiger partial charge in [-0.05, 0) is 38.0 Å². The highest BCUT2D eigenvalue weighted by atomic mass is 32.2. The molecule has 1 heterocycles. The minimum atomic E-state index is -3.52. The van der Waals surface area contributed by atoms with Gasteiger partial charge in [0.1, 0.15) is 4.90 Å². The molecule has 0 spiro atoms. The van der Waals surface area contributed by atoms with Gasteiger partial charge in [0.25, 0.3) is 0 Å². The number of hydrogen-bond acceptors (Lipinski definition) is 5. The van der Waals surface area contributed by atoms with Crippen molar-refractivity contribution >= 4 is 16.0 Å². The second kappa shape index (κ2) is 7.17. The lowest BCUT2D eigenvalue weighted by Gasteiger charge is -2.26. The van der Waals surface area contributed by atoms with E-state index in [0.29, 0.717) is 11.9 Å². The van der Waals surface area contributed by atoms with E-state index in [4.69, 9.17) is 0 Å². The van der Waals surface area contributed by atoms with Gasteiger partial charge in [0.05, 0.1) is 12.4 Å². The Balaban J connectivity index is 1.98. The van der Waals surface area contributed by atoms with E-state index in [1.807, 2.05) is 6.92 Å². The molecule has 1 fully saturated rings. The Kier molecular flexibility index (Phi) is 5.52. The summed E-state index contributed by atoms with van der Waals surface area (Å²) in [5.41, 5.74) is 0. The topological polar surface area (TPSA) is 84.0 Å². The molecule has 1 aliphatic rings.